The number of anilines is 5. The number of hydrogen-bond acceptors (Lipinski definition) is 19. The van der Waals surface area contributed by atoms with Crippen molar-refractivity contribution in [2.75, 3.05) is 56.1 Å². The molecule has 0 aromatic heterocycles. The van der Waals surface area contributed by atoms with E-state index < -0.39 is 35.4 Å². The van der Waals surface area contributed by atoms with Crippen molar-refractivity contribution in [3.05, 3.63) is 118 Å². The number of hydroxylamine groups is 3. The Morgan fingerprint density at radius 2 is 1.12 bits per heavy atom. The zero-order valence-corrected chi connectivity index (χ0v) is 36.9. The van der Waals surface area contributed by atoms with Crippen LogP contribution >= 0.6 is 0 Å². The topological polar surface area (TPSA) is 388 Å². The minimum atomic E-state index is -0.995. The average Bonchev–Trinajstić information content (AvgIpc) is 3.78. The summed E-state index contributed by atoms with van der Waals surface area (Å²) in [6.07, 6.45) is 0.737. The molecule has 0 bridgehead atoms. The molecule has 0 unspecified atom stereocenters. The summed E-state index contributed by atoms with van der Waals surface area (Å²) in [5.41, 5.74) is 36.5. The molecule has 17 N–H and O–H groups in total. The number of cyclic esters (lactones) is 1. The molecule has 7 rings (SSSR count). The Hall–Kier alpha value is -8.67. The van der Waals surface area contributed by atoms with E-state index in [2.05, 4.69) is 0 Å². The molecule has 2 aliphatic rings. The van der Waals surface area contributed by atoms with Crippen molar-refractivity contribution in [2.24, 2.45) is 0 Å². The molecular weight excluding hydrogens is 881 g/mol. The van der Waals surface area contributed by atoms with E-state index in [0.717, 1.165) is 12.0 Å². The van der Waals surface area contributed by atoms with Crippen LogP contribution in [0.3, 0.4) is 0 Å². The summed E-state index contributed by atoms with van der Waals surface area (Å²) in [5.74, 6) is -2.14. The Labute approximate surface area is 383 Å². The van der Waals surface area contributed by atoms with Gasteiger partial charge >= 0.3 is 11.9 Å². The predicted molar refractivity (Wildman–Crippen MR) is 243 cm³/mol. The quantitative estimate of drug-likeness (QED) is 0.0452. The molecule has 0 aliphatic carbocycles. The number of carbonyl (C=O) groups excluding carboxylic acids is 4. The van der Waals surface area contributed by atoms with Crippen LogP contribution in [0.5, 0.6) is 28.7 Å². The van der Waals surface area contributed by atoms with E-state index >= 15 is 0 Å². The van der Waals surface area contributed by atoms with Crippen LogP contribution in [-0.4, -0.2) is 83.6 Å². The van der Waals surface area contributed by atoms with E-state index in [9.17, 15) is 24.0 Å². The van der Waals surface area contributed by atoms with Crippen molar-refractivity contribution >= 4 is 58.1 Å². The molecule has 5 aromatic rings. The van der Waals surface area contributed by atoms with Crippen molar-refractivity contribution < 1.29 is 73.1 Å². The molecule has 0 fully saturated rings. The van der Waals surface area contributed by atoms with Crippen LogP contribution in [0.2, 0.25) is 0 Å². The summed E-state index contributed by atoms with van der Waals surface area (Å²) in [5, 5.41) is 34.1. The van der Waals surface area contributed by atoms with Crippen molar-refractivity contribution in [3.8, 4) is 28.7 Å². The maximum absolute atomic E-state index is 11.5. The fourth-order valence-corrected chi connectivity index (χ4v) is 5.84. The van der Waals surface area contributed by atoms with Crippen LogP contribution < -0.4 is 68.8 Å². The summed E-state index contributed by atoms with van der Waals surface area (Å²) >= 11 is 0. The lowest BCUT2D eigenvalue weighted by atomic mass is 10.1. The molecule has 0 saturated carbocycles. The van der Waals surface area contributed by atoms with E-state index in [4.69, 9.17) is 77.8 Å². The number of carbonyl (C=O) groups is 5. The van der Waals surface area contributed by atoms with E-state index in [-0.39, 0.29) is 22.3 Å². The second kappa shape index (κ2) is 24.4. The molecule has 0 spiro atoms. The van der Waals surface area contributed by atoms with Crippen molar-refractivity contribution in [2.45, 2.75) is 33.0 Å². The van der Waals surface area contributed by atoms with Crippen LogP contribution in [0.15, 0.2) is 84.9 Å². The third-order valence-electron chi connectivity index (χ3n) is 8.75. The van der Waals surface area contributed by atoms with Crippen LogP contribution in [0.4, 0.5) is 28.4 Å². The summed E-state index contributed by atoms with van der Waals surface area (Å²) in [6.45, 7) is 6.15. The Balaban J connectivity index is 0.000000222. The molecule has 0 radical (unpaired) electrons. The highest BCUT2D eigenvalue weighted by molar-refractivity contribution is 5.98. The summed E-state index contributed by atoms with van der Waals surface area (Å²) < 4.78 is 30.7. The molecule has 3 amide bonds. The number of hydrogen-bond donors (Lipinski definition) is 12. The van der Waals surface area contributed by atoms with E-state index in [1.165, 1.54) is 61.0 Å². The minimum Gasteiger partial charge on any atom is -0.496 e. The molecule has 23 heteroatoms. The van der Waals surface area contributed by atoms with Gasteiger partial charge in [-0.25, -0.2) is 26.0 Å². The Morgan fingerprint density at radius 3 is 1.67 bits per heavy atom. The van der Waals surface area contributed by atoms with Crippen LogP contribution in [0.1, 0.15) is 78.1 Å². The first kappa shape index (κ1) is 52.7. The molecule has 2 aliphatic heterocycles. The monoisotopic (exact) mass is 932 g/mol. The van der Waals surface area contributed by atoms with Gasteiger partial charge in [0.25, 0.3) is 17.7 Å². The number of nitrogens with two attached hydrogens (primary N) is 5. The normalized spacial score (nSPS) is 12.0. The van der Waals surface area contributed by atoms with Gasteiger partial charge in [0.1, 0.15) is 39.9 Å². The van der Waals surface area contributed by atoms with Gasteiger partial charge in [-0.15, -0.1) is 0 Å². The predicted octanol–water partition coefficient (Wildman–Crippen LogP) is 4.04. The van der Waals surface area contributed by atoms with E-state index in [0.29, 0.717) is 76.0 Å². The van der Waals surface area contributed by atoms with Gasteiger partial charge in [-0.3, -0.25) is 30.0 Å². The Morgan fingerprint density at radius 1 is 0.627 bits per heavy atom. The molecule has 0 saturated heterocycles. The molecule has 2 heterocycles. The number of ether oxygens (including phenoxy) is 6. The number of carboxylic acid groups (broad SMARTS) is 1. The van der Waals surface area contributed by atoms with Gasteiger partial charge in [0.15, 0.2) is 0 Å². The summed E-state index contributed by atoms with van der Waals surface area (Å²) in [6, 6.07) is 21.8. The fraction of sp³-hybridized carbons (Fsp3) is 0.205. The van der Waals surface area contributed by atoms with Crippen molar-refractivity contribution in [3.63, 3.8) is 0 Å². The number of rotatable bonds is 8. The maximum Gasteiger partial charge on any atom is 0.345 e. The van der Waals surface area contributed by atoms with Gasteiger partial charge in [0, 0.05) is 60.3 Å². The largest absolute Gasteiger partial charge is 0.496 e. The third kappa shape index (κ3) is 15.0. The van der Waals surface area contributed by atoms with E-state index in [1.54, 1.807) is 75.4 Å². The van der Waals surface area contributed by atoms with Crippen LogP contribution in [-0.2, 0) is 11.2 Å². The summed E-state index contributed by atoms with van der Waals surface area (Å²) in [7, 11) is 2.85. The van der Waals surface area contributed by atoms with Crippen molar-refractivity contribution in [1.29, 1.82) is 0 Å². The lowest BCUT2D eigenvalue weighted by Crippen LogP contribution is -2.38. The van der Waals surface area contributed by atoms with Gasteiger partial charge in [-0.2, -0.15) is 0 Å². The van der Waals surface area contributed by atoms with Gasteiger partial charge in [-0.1, -0.05) is 0 Å². The number of aromatic carboxylic acids is 1. The first-order valence-corrected chi connectivity index (χ1v) is 19.6. The zero-order chi connectivity index (χ0) is 50.0. The minimum absolute atomic E-state index is 0.160. The second-order valence-electron chi connectivity index (χ2n) is 14.0. The number of benzene rings is 5. The van der Waals surface area contributed by atoms with Gasteiger partial charge < -0.3 is 62.2 Å². The Bertz CT molecular complexity index is 2570. The lowest BCUT2D eigenvalue weighted by Gasteiger charge is -2.31. The van der Waals surface area contributed by atoms with Gasteiger partial charge in [0.05, 0.1) is 44.1 Å². The number of nitrogens with one attached hydrogen (secondary N) is 3. The number of carboxylic acids is 1. The van der Waals surface area contributed by atoms with Crippen molar-refractivity contribution in [1.82, 2.24) is 16.4 Å². The smallest absolute Gasteiger partial charge is 0.345 e. The number of methoxy groups -OCH3 is 2. The molecule has 358 valence electrons. The fourth-order valence-electron chi connectivity index (χ4n) is 5.84. The molecule has 0 atom stereocenters. The zero-order valence-electron chi connectivity index (χ0n) is 36.9. The number of nitrogen functional groups attached to an aromatic ring is 5. The molecular formula is C44H52N8O15. The summed E-state index contributed by atoms with van der Waals surface area (Å²) in [4.78, 5) is 55.5. The number of amides is 3. The standard InChI is InChI=1S/C10H11NO3.C9H12N2O3.C9H9NO3.2C8H10N2O3/c1-10(2)13-8-4-3-6(11)5-7(8)9(12)14-10;1-2-14-8-4-3-6(10)5-7(8)9(12)11-13;10-6-3-5-1-2-13-8(5)7(4-6)9(11)12;1-13-7-3-2-5(9)4-6(7)8(11)10-12;1-13-7-4-5(9)2-3-6(7)8(11)10-12/h3-5H,11H2,1-2H3;3-5,13H,2,10H2,1H3,(H,11,12);3-4H,1-2,10H2,(H,11,12);2*2-4,12H,9H2,1H3,(H,10,11). The number of fused-ring (bicyclic) bond motifs is 2. The number of esters is 1. The Kier molecular flexibility index (Phi) is 19.2. The highest BCUT2D eigenvalue weighted by Gasteiger charge is 2.33. The molecule has 23 nitrogen and oxygen atoms in total. The van der Waals surface area contributed by atoms with Crippen LogP contribution in [0.25, 0.3) is 0 Å². The maximum atomic E-state index is 11.5. The first-order chi connectivity index (χ1) is 31.7. The second-order valence-corrected chi connectivity index (χ2v) is 14.0. The van der Waals surface area contributed by atoms with Gasteiger partial charge in [0.2, 0.25) is 5.79 Å². The lowest BCUT2D eigenvalue weighted by molar-refractivity contribution is -0.127. The highest BCUT2D eigenvalue weighted by Crippen LogP contribution is 2.33. The molecule has 5 aromatic carbocycles. The molecule has 67 heavy (non-hydrogen) atoms. The van der Waals surface area contributed by atoms with E-state index in [1.807, 2.05) is 0 Å². The van der Waals surface area contributed by atoms with Crippen LogP contribution in [0, 0.1) is 0 Å². The average molecular weight is 933 g/mol. The third-order valence-corrected chi connectivity index (χ3v) is 8.75. The SMILES string of the molecule is CC1(C)OC(=O)c2cc(N)ccc2O1.CCOc1ccc(N)cc1C(=O)NO.COc1cc(N)ccc1C(=O)NO.COc1ccc(N)cc1C(=O)NO.Nc1cc2c(c(C(=O)O)c1)OCC2. The first-order valence-electron chi connectivity index (χ1n) is 19.6. The van der Waals surface area contributed by atoms with Gasteiger partial charge in [-0.05, 0) is 85.8 Å². The highest BCUT2D eigenvalue weighted by atomic mass is 16.7.